The third kappa shape index (κ3) is 1.36. The van der Waals surface area contributed by atoms with E-state index < -0.39 is 0 Å². The van der Waals surface area contributed by atoms with Gasteiger partial charge in [0.2, 0.25) is 0 Å². The monoisotopic (exact) mass is 205 g/mol. The first kappa shape index (κ1) is 9.25. The fourth-order valence-electron chi connectivity index (χ4n) is 2.84. The maximum atomic E-state index is 6.02. The van der Waals surface area contributed by atoms with Crippen molar-refractivity contribution >= 4 is 5.82 Å². The van der Waals surface area contributed by atoms with E-state index in [1.807, 2.05) is 11.7 Å². The summed E-state index contributed by atoms with van der Waals surface area (Å²) in [4.78, 5) is 0. The Balaban J connectivity index is 1.88. The van der Waals surface area contributed by atoms with Gasteiger partial charge in [0.05, 0.1) is 5.69 Å². The molecule has 0 spiro atoms. The van der Waals surface area contributed by atoms with E-state index in [-0.39, 0.29) is 0 Å². The Morgan fingerprint density at radius 1 is 1.47 bits per heavy atom. The predicted molar refractivity (Wildman–Crippen MR) is 60.6 cm³/mol. The van der Waals surface area contributed by atoms with Crippen molar-refractivity contribution in [2.45, 2.75) is 38.5 Å². The summed E-state index contributed by atoms with van der Waals surface area (Å²) in [6.07, 6.45) is 5.27. The second-order valence-corrected chi connectivity index (χ2v) is 5.07. The van der Waals surface area contributed by atoms with E-state index in [9.17, 15) is 0 Å². The summed E-state index contributed by atoms with van der Waals surface area (Å²) in [5, 5.41) is 4.60. The van der Waals surface area contributed by atoms with Gasteiger partial charge in [0.25, 0.3) is 0 Å². The number of hydrogen-bond donors (Lipinski definition) is 1. The molecule has 2 N–H and O–H groups in total. The Morgan fingerprint density at radius 3 is 2.80 bits per heavy atom. The minimum atomic E-state index is 0.732. The molecule has 3 rings (SSSR count). The van der Waals surface area contributed by atoms with Crippen molar-refractivity contribution in [3.8, 4) is 0 Å². The third-order valence-corrected chi connectivity index (χ3v) is 4.00. The lowest BCUT2D eigenvalue weighted by Crippen LogP contribution is -1.98. The molecule has 2 aliphatic rings. The molecule has 0 saturated heterocycles. The van der Waals surface area contributed by atoms with E-state index in [0.29, 0.717) is 0 Å². The van der Waals surface area contributed by atoms with Crippen LogP contribution < -0.4 is 5.73 Å². The summed E-state index contributed by atoms with van der Waals surface area (Å²) in [6, 6.07) is 0. The van der Waals surface area contributed by atoms with Crippen LogP contribution in [0.15, 0.2) is 0 Å². The number of rotatable bonds is 3. The standard InChI is InChI=1S/C12H19N3/c1-3-8-11(14-15(2)12(8)13)10-6-9(10)7-4-5-7/h7,9-10H,3-6,13H2,1-2H3. The van der Waals surface area contributed by atoms with Gasteiger partial charge in [-0.1, -0.05) is 6.92 Å². The second-order valence-electron chi connectivity index (χ2n) is 5.07. The summed E-state index contributed by atoms with van der Waals surface area (Å²) < 4.78 is 1.84. The van der Waals surface area contributed by atoms with Crippen molar-refractivity contribution in [2.24, 2.45) is 18.9 Å². The van der Waals surface area contributed by atoms with Crippen LogP contribution in [0.3, 0.4) is 0 Å². The largest absolute Gasteiger partial charge is 0.384 e. The van der Waals surface area contributed by atoms with Crippen LogP contribution in [0.25, 0.3) is 0 Å². The van der Waals surface area contributed by atoms with Crippen molar-refractivity contribution in [3.05, 3.63) is 11.3 Å². The van der Waals surface area contributed by atoms with Crippen LogP contribution in [-0.4, -0.2) is 9.78 Å². The first-order valence-electron chi connectivity index (χ1n) is 6.03. The molecule has 2 aliphatic carbocycles. The Morgan fingerprint density at radius 2 is 2.20 bits per heavy atom. The van der Waals surface area contributed by atoms with Gasteiger partial charge in [-0.2, -0.15) is 5.10 Å². The van der Waals surface area contributed by atoms with Crippen molar-refractivity contribution in [1.29, 1.82) is 0 Å². The topological polar surface area (TPSA) is 43.8 Å². The quantitative estimate of drug-likeness (QED) is 0.821. The molecule has 2 saturated carbocycles. The summed E-state index contributed by atoms with van der Waals surface area (Å²) in [6.45, 7) is 2.17. The molecule has 3 heteroatoms. The van der Waals surface area contributed by atoms with Gasteiger partial charge in [-0.05, 0) is 37.5 Å². The van der Waals surface area contributed by atoms with Gasteiger partial charge in [-0.3, -0.25) is 4.68 Å². The molecule has 0 bridgehead atoms. The Labute approximate surface area is 90.7 Å². The maximum absolute atomic E-state index is 6.02. The zero-order valence-electron chi connectivity index (χ0n) is 9.53. The Kier molecular flexibility index (Phi) is 1.85. The van der Waals surface area contributed by atoms with E-state index >= 15 is 0 Å². The molecule has 0 aromatic carbocycles. The minimum absolute atomic E-state index is 0.732. The van der Waals surface area contributed by atoms with E-state index in [0.717, 1.165) is 30.0 Å². The fraction of sp³-hybridized carbons (Fsp3) is 0.750. The van der Waals surface area contributed by atoms with Gasteiger partial charge in [0.1, 0.15) is 5.82 Å². The van der Waals surface area contributed by atoms with Crippen LogP contribution in [0, 0.1) is 11.8 Å². The second kappa shape index (κ2) is 3.00. The molecule has 1 aromatic rings. The lowest BCUT2D eigenvalue weighted by atomic mass is 10.1. The number of anilines is 1. The highest BCUT2D eigenvalue weighted by molar-refractivity contribution is 5.46. The van der Waals surface area contributed by atoms with Crippen LogP contribution in [0.5, 0.6) is 0 Å². The molecule has 2 atom stereocenters. The molecular formula is C12H19N3. The molecular weight excluding hydrogens is 186 g/mol. The minimum Gasteiger partial charge on any atom is -0.384 e. The van der Waals surface area contributed by atoms with Gasteiger partial charge < -0.3 is 5.73 Å². The molecule has 3 nitrogen and oxygen atoms in total. The van der Waals surface area contributed by atoms with Gasteiger partial charge in [0, 0.05) is 18.5 Å². The van der Waals surface area contributed by atoms with Gasteiger partial charge in [-0.15, -0.1) is 0 Å². The SMILES string of the molecule is CCc1c(C2CC2C2CC2)nn(C)c1N. The van der Waals surface area contributed by atoms with Crippen molar-refractivity contribution in [1.82, 2.24) is 9.78 Å². The molecule has 0 aliphatic heterocycles. The number of nitrogen functional groups attached to an aromatic ring is 1. The number of hydrogen-bond acceptors (Lipinski definition) is 2. The van der Waals surface area contributed by atoms with Crippen LogP contribution >= 0.6 is 0 Å². The maximum Gasteiger partial charge on any atom is 0.124 e. The highest BCUT2D eigenvalue weighted by Gasteiger charge is 2.50. The molecule has 15 heavy (non-hydrogen) atoms. The van der Waals surface area contributed by atoms with E-state index in [4.69, 9.17) is 5.73 Å². The first-order chi connectivity index (χ1) is 7.22. The van der Waals surface area contributed by atoms with Crippen molar-refractivity contribution < 1.29 is 0 Å². The molecule has 1 aromatic heterocycles. The van der Waals surface area contributed by atoms with Gasteiger partial charge in [0.15, 0.2) is 0 Å². The highest BCUT2D eigenvalue weighted by Crippen LogP contribution is 2.59. The predicted octanol–water partition coefficient (Wildman–Crippen LogP) is 2.08. The average molecular weight is 205 g/mol. The molecule has 2 unspecified atom stereocenters. The first-order valence-corrected chi connectivity index (χ1v) is 6.03. The van der Waals surface area contributed by atoms with E-state index in [2.05, 4.69) is 12.0 Å². The summed E-state index contributed by atoms with van der Waals surface area (Å²) >= 11 is 0. The lowest BCUT2D eigenvalue weighted by molar-refractivity contribution is 0.670. The van der Waals surface area contributed by atoms with Gasteiger partial charge in [-0.25, -0.2) is 0 Å². The zero-order chi connectivity index (χ0) is 10.6. The molecule has 82 valence electrons. The van der Waals surface area contributed by atoms with Crippen molar-refractivity contribution in [2.75, 3.05) is 5.73 Å². The van der Waals surface area contributed by atoms with Crippen LogP contribution in [0.2, 0.25) is 0 Å². The van der Waals surface area contributed by atoms with E-state index in [1.54, 1.807) is 0 Å². The lowest BCUT2D eigenvalue weighted by Gasteiger charge is -1.98. The summed E-state index contributed by atoms with van der Waals surface area (Å²) in [5.74, 6) is 3.55. The van der Waals surface area contributed by atoms with Crippen molar-refractivity contribution in [3.63, 3.8) is 0 Å². The average Bonchev–Trinajstić information content (AvgIpc) is 3.08. The third-order valence-electron chi connectivity index (χ3n) is 4.00. The Bertz CT molecular complexity index is 390. The van der Waals surface area contributed by atoms with Gasteiger partial charge >= 0.3 is 0 Å². The summed E-state index contributed by atoms with van der Waals surface area (Å²) in [7, 11) is 1.95. The molecule has 0 radical (unpaired) electrons. The number of aromatic nitrogens is 2. The molecule has 2 fully saturated rings. The summed E-state index contributed by atoms with van der Waals surface area (Å²) in [5.41, 5.74) is 8.61. The molecule has 1 heterocycles. The Hall–Kier alpha value is -0.990. The number of nitrogens with two attached hydrogens (primary N) is 1. The number of aryl methyl sites for hydroxylation is 1. The zero-order valence-corrected chi connectivity index (χ0v) is 9.53. The smallest absolute Gasteiger partial charge is 0.124 e. The van der Waals surface area contributed by atoms with Crippen LogP contribution in [-0.2, 0) is 13.5 Å². The fourth-order valence-corrected chi connectivity index (χ4v) is 2.84. The van der Waals surface area contributed by atoms with E-state index in [1.165, 1.54) is 30.5 Å². The highest BCUT2D eigenvalue weighted by atomic mass is 15.3. The number of nitrogens with zero attached hydrogens (tertiary/aromatic N) is 2. The van der Waals surface area contributed by atoms with Crippen LogP contribution in [0.1, 0.15) is 43.4 Å². The van der Waals surface area contributed by atoms with Crippen LogP contribution in [0.4, 0.5) is 5.82 Å². The normalized spacial score (nSPS) is 29.5. The molecule has 0 amide bonds.